The van der Waals surface area contributed by atoms with Crippen molar-refractivity contribution in [1.82, 2.24) is 0 Å². The summed E-state index contributed by atoms with van der Waals surface area (Å²) in [6, 6.07) is 26.2. The van der Waals surface area contributed by atoms with Crippen LogP contribution in [0, 0.1) is 6.92 Å². The number of para-hydroxylation sites is 1. The standard InChI is InChI=1S/C20H20NO2S2/c1-16-12-14-18(15-13-16)24(17-8-4-3-5-9-17)20-11-7-6-10-19(20)21-25(2,22)23/h3-15,21H,1-2H3/q+1. The van der Waals surface area contributed by atoms with E-state index in [1.54, 1.807) is 0 Å². The summed E-state index contributed by atoms with van der Waals surface area (Å²) < 4.78 is 26.2. The molecule has 5 heteroatoms. The first kappa shape index (κ1) is 17.6. The van der Waals surface area contributed by atoms with E-state index in [9.17, 15) is 8.42 Å². The molecular weight excluding hydrogens is 350 g/mol. The van der Waals surface area contributed by atoms with Crippen molar-refractivity contribution in [3.8, 4) is 0 Å². The molecule has 0 saturated carbocycles. The van der Waals surface area contributed by atoms with Crippen LogP contribution in [-0.4, -0.2) is 14.7 Å². The molecule has 25 heavy (non-hydrogen) atoms. The maximum absolute atomic E-state index is 11.8. The van der Waals surface area contributed by atoms with E-state index in [0.29, 0.717) is 5.69 Å². The van der Waals surface area contributed by atoms with Crippen LogP contribution >= 0.6 is 0 Å². The Kier molecular flexibility index (Phi) is 5.16. The van der Waals surface area contributed by atoms with Gasteiger partial charge >= 0.3 is 0 Å². The largest absolute Gasteiger partial charge is 0.279 e. The highest BCUT2D eigenvalue weighted by Gasteiger charge is 2.31. The Morgan fingerprint density at radius 2 is 1.32 bits per heavy atom. The molecule has 3 rings (SSSR count). The summed E-state index contributed by atoms with van der Waals surface area (Å²) in [6.07, 6.45) is 1.18. The zero-order chi connectivity index (χ0) is 17.9. The van der Waals surface area contributed by atoms with Crippen molar-refractivity contribution in [3.05, 3.63) is 84.4 Å². The second-order valence-electron chi connectivity index (χ2n) is 5.80. The Bertz CT molecular complexity index is 953. The molecule has 0 fully saturated rings. The highest BCUT2D eigenvalue weighted by molar-refractivity contribution is 7.97. The minimum Gasteiger partial charge on any atom is -0.279 e. The van der Waals surface area contributed by atoms with Gasteiger partial charge in [-0.3, -0.25) is 4.72 Å². The topological polar surface area (TPSA) is 46.2 Å². The van der Waals surface area contributed by atoms with Crippen LogP contribution in [0.1, 0.15) is 5.56 Å². The normalized spacial score (nSPS) is 12.6. The molecule has 0 aliphatic rings. The van der Waals surface area contributed by atoms with Gasteiger partial charge in [-0.15, -0.1) is 0 Å². The highest BCUT2D eigenvalue weighted by Crippen LogP contribution is 2.35. The van der Waals surface area contributed by atoms with E-state index >= 15 is 0 Å². The second kappa shape index (κ2) is 7.33. The lowest BCUT2D eigenvalue weighted by atomic mass is 10.2. The van der Waals surface area contributed by atoms with E-state index in [1.165, 1.54) is 11.8 Å². The first-order valence-corrected chi connectivity index (χ1v) is 11.0. The number of benzene rings is 3. The lowest BCUT2D eigenvalue weighted by Crippen LogP contribution is -2.14. The molecule has 0 amide bonds. The fourth-order valence-corrected chi connectivity index (χ4v) is 5.36. The fourth-order valence-electron chi connectivity index (χ4n) is 2.55. The quantitative estimate of drug-likeness (QED) is 0.674. The van der Waals surface area contributed by atoms with Crippen LogP contribution in [0.3, 0.4) is 0 Å². The van der Waals surface area contributed by atoms with Gasteiger partial charge in [-0.05, 0) is 43.3 Å². The zero-order valence-electron chi connectivity index (χ0n) is 14.1. The number of aryl methyl sites for hydroxylation is 1. The summed E-state index contributed by atoms with van der Waals surface area (Å²) in [5, 5.41) is 0. The molecule has 1 N–H and O–H groups in total. The van der Waals surface area contributed by atoms with Crippen molar-refractivity contribution >= 4 is 26.6 Å². The number of nitrogens with one attached hydrogen (secondary N) is 1. The average Bonchev–Trinajstić information content (AvgIpc) is 2.58. The van der Waals surface area contributed by atoms with E-state index < -0.39 is 20.9 Å². The predicted molar refractivity (Wildman–Crippen MR) is 105 cm³/mol. The van der Waals surface area contributed by atoms with Gasteiger partial charge in [-0.2, -0.15) is 0 Å². The van der Waals surface area contributed by atoms with Crippen LogP contribution in [0.2, 0.25) is 0 Å². The number of hydrogen-bond acceptors (Lipinski definition) is 2. The monoisotopic (exact) mass is 370 g/mol. The van der Waals surface area contributed by atoms with Crippen molar-refractivity contribution in [1.29, 1.82) is 0 Å². The number of hydrogen-bond donors (Lipinski definition) is 1. The maximum atomic E-state index is 11.8. The summed E-state index contributed by atoms with van der Waals surface area (Å²) in [6.45, 7) is 2.06. The summed E-state index contributed by atoms with van der Waals surface area (Å²) in [5.74, 6) is 0. The van der Waals surface area contributed by atoms with E-state index in [4.69, 9.17) is 0 Å². The molecule has 0 radical (unpaired) electrons. The fraction of sp³-hybridized carbons (Fsp3) is 0.100. The minimum absolute atomic E-state index is 0.396. The van der Waals surface area contributed by atoms with Gasteiger partial charge < -0.3 is 0 Å². The van der Waals surface area contributed by atoms with E-state index in [2.05, 4.69) is 48.0 Å². The second-order valence-corrected chi connectivity index (χ2v) is 9.55. The van der Waals surface area contributed by atoms with E-state index in [-0.39, 0.29) is 0 Å². The van der Waals surface area contributed by atoms with Crippen molar-refractivity contribution in [2.45, 2.75) is 21.6 Å². The highest BCUT2D eigenvalue weighted by atomic mass is 32.2. The van der Waals surface area contributed by atoms with Crippen molar-refractivity contribution in [3.63, 3.8) is 0 Å². The van der Waals surface area contributed by atoms with Gasteiger partial charge in [0.25, 0.3) is 0 Å². The molecule has 0 aliphatic heterocycles. The molecule has 0 bridgehead atoms. The van der Waals surface area contributed by atoms with Crippen molar-refractivity contribution in [2.75, 3.05) is 11.0 Å². The Labute approximate surface area is 152 Å². The van der Waals surface area contributed by atoms with E-state index in [1.807, 2.05) is 42.5 Å². The Hall–Kier alpha value is -2.24. The first-order chi connectivity index (χ1) is 11.9. The minimum atomic E-state index is -3.35. The van der Waals surface area contributed by atoms with Gasteiger partial charge in [0.15, 0.2) is 14.7 Å². The van der Waals surface area contributed by atoms with Gasteiger partial charge in [0, 0.05) is 0 Å². The molecule has 1 atom stereocenters. The van der Waals surface area contributed by atoms with Gasteiger partial charge in [-0.1, -0.05) is 48.0 Å². The van der Waals surface area contributed by atoms with E-state index in [0.717, 1.165) is 14.7 Å². The zero-order valence-corrected chi connectivity index (χ0v) is 15.8. The molecule has 0 aliphatic carbocycles. The molecular formula is C20H20NO2S2+. The lowest BCUT2D eigenvalue weighted by molar-refractivity contribution is 0.606. The molecule has 0 saturated heterocycles. The summed E-state index contributed by atoms with van der Waals surface area (Å²) in [4.78, 5) is 3.26. The Balaban J connectivity index is 2.18. The maximum Gasteiger partial charge on any atom is 0.229 e. The molecule has 3 nitrogen and oxygen atoms in total. The van der Waals surface area contributed by atoms with Crippen LogP contribution in [-0.2, 0) is 20.9 Å². The SMILES string of the molecule is Cc1ccc([S+](c2ccccc2)c2ccccc2NS(C)(=O)=O)cc1. The third kappa shape index (κ3) is 4.44. The third-order valence-corrected chi connectivity index (χ3v) is 6.51. The molecule has 0 spiro atoms. The van der Waals surface area contributed by atoms with Gasteiger partial charge in [0.1, 0.15) is 16.6 Å². The van der Waals surface area contributed by atoms with Crippen LogP contribution < -0.4 is 4.72 Å². The number of sulfonamides is 1. The third-order valence-electron chi connectivity index (χ3n) is 3.64. The summed E-state index contributed by atoms with van der Waals surface area (Å²) in [7, 11) is -3.75. The molecule has 0 heterocycles. The van der Waals surface area contributed by atoms with Crippen LogP contribution in [0.15, 0.2) is 93.5 Å². The molecule has 3 aromatic rings. The van der Waals surface area contributed by atoms with Crippen LogP contribution in [0.5, 0.6) is 0 Å². The first-order valence-electron chi connectivity index (χ1n) is 7.87. The number of rotatable bonds is 5. The van der Waals surface area contributed by atoms with Crippen molar-refractivity contribution in [2.24, 2.45) is 0 Å². The Morgan fingerprint density at radius 3 is 1.96 bits per heavy atom. The number of anilines is 1. The van der Waals surface area contributed by atoms with Gasteiger partial charge in [0.2, 0.25) is 10.0 Å². The lowest BCUT2D eigenvalue weighted by Gasteiger charge is -2.12. The average molecular weight is 371 g/mol. The molecule has 3 aromatic carbocycles. The van der Waals surface area contributed by atoms with Crippen LogP contribution in [0.25, 0.3) is 0 Å². The summed E-state index contributed by atoms with van der Waals surface area (Å²) in [5.41, 5.74) is 1.82. The predicted octanol–water partition coefficient (Wildman–Crippen LogP) is 4.46. The van der Waals surface area contributed by atoms with Gasteiger partial charge in [-0.25, -0.2) is 8.42 Å². The summed E-state index contributed by atoms with van der Waals surface area (Å²) >= 11 is 0. The smallest absolute Gasteiger partial charge is 0.229 e. The molecule has 1 unspecified atom stereocenters. The van der Waals surface area contributed by atoms with Crippen LogP contribution in [0.4, 0.5) is 5.69 Å². The Morgan fingerprint density at radius 1 is 0.760 bits per heavy atom. The molecule has 128 valence electrons. The van der Waals surface area contributed by atoms with Gasteiger partial charge in [0.05, 0.1) is 6.26 Å². The molecule has 0 aromatic heterocycles. The van der Waals surface area contributed by atoms with Crippen molar-refractivity contribution < 1.29 is 8.42 Å².